The Balaban J connectivity index is 2.43. The summed E-state index contributed by atoms with van der Waals surface area (Å²) in [6.07, 6.45) is -5.37. The van der Waals surface area contributed by atoms with Crippen molar-refractivity contribution in [3.8, 4) is 5.75 Å². The third-order valence-electron chi connectivity index (χ3n) is 4.03. The standard InChI is InChI=1S/C19H16Cl2F3NO5/c1-3-30-17(27)18(28,19(22,23)24)11-5-7-14(15(9-11)29-2)25-16(26)10-4-6-12(20)13(21)8-10/h4-9,28H,3H2,1-2H3,(H,25,26)/t18-/m1/s1. The molecule has 0 radical (unpaired) electrons. The molecule has 2 N–H and O–H groups in total. The molecule has 2 aromatic rings. The number of esters is 1. The van der Waals surface area contributed by atoms with Crippen LogP contribution in [0.1, 0.15) is 22.8 Å². The van der Waals surface area contributed by atoms with Crippen LogP contribution in [0.3, 0.4) is 0 Å². The Labute approximate surface area is 179 Å². The van der Waals surface area contributed by atoms with Gasteiger partial charge in [-0.2, -0.15) is 13.2 Å². The van der Waals surface area contributed by atoms with Crippen LogP contribution in [0.15, 0.2) is 36.4 Å². The molecule has 1 atom stereocenters. The first-order valence-electron chi connectivity index (χ1n) is 8.37. The zero-order chi connectivity index (χ0) is 22.7. The molecule has 2 rings (SSSR count). The molecule has 0 saturated carbocycles. The van der Waals surface area contributed by atoms with Crippen molar-refractivity contribution in [2.45, 2.75) is 18.7 Å². The van der Waals surface area contributed by atoms with Gasteiger partial charge in [0.15, 0.2) is 0 Å². The fraction of sp³-hybridized carbons (Fsp3) is 0.263. The van der Waals surface area contributed by atoms with Gasteiger partial charge in [0.05, 0.1) is 29.4 Å². The average Bonchev–Trinajstić information content (AvgIpc) is 2.68. The highest BCUT2D eigenvalue weighted by Crippen LogP contribution is 2.42. The maximum Gasteiger partial charge on any atom is 0.432 e. The molecule has 0 heterocycles. The molecule has 6 nitrogen and oxygen atoms in total. The van der Waals surface area contributed by atoms with Crippen molar-refractivity contribution in [1.29, 1.82) is 0 Å². The van der Waals surface area contributed by atoms with E-state index in [0.29, 0.717) is 0 Å². The SMILES string of the molecule is CCOC(=O)[C@](O)(c1ccc(NC(=O)c2ccc(Cl)c(Cl)c2)c(OC)c1)C(F)(F)F. The highest BCUT2D eigenvalue weighted by molar-refractivity contribution is 6.42. The molecule has 11 heteroatoms. The van der Waals surface area contributed by atoms with Crippen molar-refractivity contribution in [1.82, 2.24) is 0 Å². The molecule has 30 heavy (non-hydrogen) atoms. The first-order chi connectivity index (χ1) is 13.9. The largest absolute Gasteiger partial charge is 0.495 e. The first-order valence-corrected chi connectivity index (χ1v) is 9.12. The Kier molecular flexibility index (Phi) is 7.23. The number of nitrogens with one attached hydrogen (secondary N) is 1. The Morgan fingerprint density at radius 1 is 1.10 bits per heavy atom. The van der Waals surface area contributed by atoms with Gasteiger partial charge in [-0.1, -0.05) is 29.3 Å². The minimum atomic E-state index is -5.37. The summed E-state index contributed by atoms with van der Waals surface area (Å²) in [5.41, 5.74) is -4.62. The Hall–Kier alpha value is -2.49. The molecule has 162 valence electrons. The molecule has 0 aromatic heterocycles. The van der Waals surface area contributed by atoms with Gasteiger partial charge in [0, 0.05) is 11.1 Å². The Morgan fingerprint density at radius 2 is 1.77 bits per heavy atom. The summed E-state index contributed by atoms with van der Waals surface area (Å²) < 4.78 is 50.0. The number of carbonyl (C=O) groups excluding carboxylic acids is 2. The number of amides is 1. The van der Waals surface area contributed by atoms with Crippen LogP contribution in [-0.4, -0.2) is 36.9 Å². The number of alkyl halides is 3. The minimum Gasteiger partial charge on any atom is -0.495 e. The maximum atomic E-state index is 13.5. The molecule has 0 spiro atoms. The second-order valence-electron chi connectivity index (χ2n) is 5.93. The van der Waals surface area contributed by atoms with Crippen LogP contribution in [-0.2, 0) is 15.1 Å². The number of methoxy groups -OCH3 is 1. The average molecular weight is 466 g/mol. The fourth-order valence-corrected chi connectivity index (χ4v) is 2.78. The van der Waals surface area contributed by atoms with E-state index >= 15 is 0 Å². The highest BCUT2D eigenvalue weighted by Gasteiger charge is 2.62. The number of ether oxygens (including phenoxy) is 2. The lowest BCUT2D eigenvalue weighted by atomic mass is 9.92. The van der Waals surface area contributed by atoms with E-state index in [-0.39, 0.29) is 33.7 Å². The smallest absolute Gasteiger partial charge is 0.432 e. The highest BCUT2D eigenvalue weighted by atomic mass is 35.5. The maximum absolute atomic E-state index is 13.5. The summed E-state index contributed by atoms with van der Waals surface area (Å²) in [4.78, 5) is 24.3. The van der Waals surface area contributed by atoms with E-state index in [2.05, 4.69) is 10.1 Å². The minimum absolute atomic E-state index is 0.00861. The van der Waals surface area contributed by atoms with Crippen LogP contribution in [0.2, 0.25) is 10.0 Å². The van der Waals surface area contributed by atoms with E-state index < -0.39 is 29.2 Å². The third-order valence-corrected chi connectivity index (χ3v) is 4.77. The van der Waals surface area contributed by atoms with Gasteiger partial charge in [0.2, 0.25) is 0 Å². The molecular formula is C19H16Cl2F3NO5. The van der Waals surface area contributed by atoms with E-state index in [1.54, 1.807) is 0 Å². The number of anilines is 1. The normalized spacial score (nSPS) is 13.3. The quantitative estimate of drug-likeness (QED) is 0.610. The number of benzene rings is 2. The molecule has 1 amide bonds. The van der Waals surface area contributed by atoms with Crippen molar-refractivity contribution in [2.75, 3.05) is 19.0 Å². The number of aliphatic hydroxyl groups is 1. The van der Waals surface area contributed by atoms with E-state index in [0.717, 1.165) is 25.3 Å². The molecular weight excluding hydrogens is 450 g/mol. The van der Waals surface area contributed by atoms with Gasteiger partial charge in [-0.15, -0.1) is 0 Å². The van der Waals surface area contributed by atoms with Crippen molar-refractivity contribution in [3.63, 3.8) is 0 Å². The molecule has 0 aliphatic rings. The van der Waals surface area contributed by atoms with E-state index in [1.165, 1.54) is 25.1 Å². The second kappa shape index (κ2) is 9.11. The Bertz CT molecular complexity index is 968. The fourth-order valence-electron chi connectivity index (χ4n) is 2.48. The van der Waals surface area contributed by atoms with Crippen LogP contribution >= 0.6 is 23.2 Å². The summed E-state index contributed by atoms with van der Waals surface area (Å²) in [6, 6.07) is 6.78. The molecule has 0 aliphatic heterocycles. The molecule has 0 bridgehead atoms. The van der Waals surface area contributed by atoms with Crippen molar-refractivity contribution in [2.24, 2.45) is 0 Å². The summed E-state index contributed by atoms with van der Waals surface area (Å²) in [5.74, 6) is -2.75. The molecule has 0 aliphatic carbocycles. The lowest BCUT2D eigenvalue weighted by Crippen LogP contribution is -2.50. The summed E-state index contributed by atoms with van der Waals surface area (Å²) in [7, 11) is 1.14. The predicted molar refractivity (Wildman–Crippen MR) is 104 cm³/mol. The van der Waals surface area contributed by atoms with Crippen molar-refractivity contribution in [3.05, 3.63) is 57.6 Å². The van der Waals surface area contributed by atoms with Crippen LogP contribution < -0.4 is 10.1 Å². The summed E-state index contributed by atoms with van der Waals surface area (Å²) in [6.45, 7) is 0.934. The lowest BCUT2D eigenvalue weighted by Gasteiger charge is -2.29. The van der Waals surface area contributed by atoms with Crippen LogP contribution in [0.4, 0.5) is 18.9 Å². The number of carbonyl (C=O) groups is 2. The third kappa shape index (κ3) is 4.63. The number of hydrogen-bond acceptors (Lipinski definition) is 5. The Morgan fingerprint density at radius 3 is 2.30 bits per heavy atom. The number of hydrogen-bond donors (Lipinski definition) is 2. The summed E-state index contributed by atoms with van der Waals surface area (Å²) >= 11 is 11.7. The van der Waals surface area contributed by atoms with E-state index in [9.17, 15) is 27.9 Å². The molecule has 0 unspecified atom stereocenters. The van der Waals surface area contributed by atoms with Gasteiger partial charge in [0.25, 0.3) is 11.5 Å². The van der Waals surface area contributed by atoms with Crippen LogP contribution in [0, 0.1) is 0 Å². The zero-order valence-corrected chi connectivity index (χ0v) is 17.2. The monoisotopic (exact) mass is 465 g/mol. The van der Waals surface area contributed by atoms with E-state index in [1.807, 2.05) is 0 Å². The molecule has 2 aromatic carbocycles. The van der Waals surface area contributed by atoms with Gasteiger partial charge in [0.1, 0.15) is 5.75 Å². The lowest BCUT2D eigenvalue weighted by molar-refractivity contribution is -0.267. The van der Waals surface area contributed by atoms with Gasteiger partial charge in [-0.25, -0.2) is 4.79 Å². The van der Waals surface area contributed by atoms with Crippen molar-refractivity contribution >= 4 is 40.8 Å². The number of rotatable bonds is 6. The number of halogens is 5. The molecule has 0 saturated heterocycles. The predicted octanol–water partition coefficient (Wildman–Crippen LogP) is 4.57. The zero-order valence-electron chi connectivity index (χ0n) is 15.6. The van der Waals surface area contributed by atoms with Gasteiger partial charge in [-0.3, -0.25) is 4.79 Å². The second-order valence-corrected chi connectivity index (χ2v) is 6.74. The first kappa shape index (κ1) is 23.8. The van der Waals surface area contributed by atoms with E-state index in [4.69, 9.17) is 27.9 Å². The summed E-state index contributed by atoms with van der Waals surface area (Å²) in [5, 5.41) is 13.0. The van der Waals surface area contributed by atoms with Crippen LogP contribution in [0.25, 0.3) is 0 Å². The van der Waals surface area contributed by atoms with Gasteiger partial charge >= 0.3 is 12.1 Å². The van der Waals surface area contributed by atoms with Crippen molar-refractivity contribution < 1.29 is 37.3 Å². The van der Waals surface area contributed by atoms with Gasteiger partial charge < -0.3 is 19.9 Å². The van der Waals surface area contributed by atoms with Gasteiger partial charge in [-0.05, 0) is 37.3 Å². The molecule has 0 fully saturated rings. The topological polar surface area (TPSA) is 84.9 Å². The van der Waals surface area contributed by atoms with Crippen LogP contribution in [0.5, 0.6) is 5.75 Å².